The minimum Gasteiger partial charge on any atom is -0.293 e. The first-order valence-electron chi connectivity index (χ1n) is 13.8. The number of hydrogen-bond donors (Lipinski definition) is 0. The van der Waals surface area contributed by atoms with Gasteiger partial charge in [-0.15, -0.1) is 23.5 Å². The predicted molar refractivity (Wildman–Crippen MR) is 180 cm³/mol. The fourth-order valence-electron chi connectivity index (χ4n) is 4.83. The van der Waals surface area contributed by atoms with Crippen molar-refractivity contribution in [2.45, 2.75) is 40.1 Å². The minimum absolute atomic E-state index is 0.00413. The Labute approximate surface area is 265 Å². The molecule has 0 saturated heterocycles. The van der Waals surface area contributed by atoms with Crippen LogP contribution in [0, 0.1) is 13.8 Å². The minimum atomic E-state index is -0.563. The van der Waals surface area contributed by atoms with Crippen molar-refractivity contribution >= 4 is 51.0 Å². The molecule has 0 aromatic heterocycles. The summed E-state index contributed by atoms with van der Waals surface area (Å²) in [6.45, 7) is 4.11. The number of halogens is 1. The van der Waals surface area contributed by atoms with Crippen molar-refractivity contribution in [3.63, 3.8) is 0 Å². The summed E-state index contributed by atoms with van der Waals surface area (Å²) >= 11 is 6.65. The van der Waals surface area contributed by atoms with Crippen LogP contribution in [0.5, 0.6) is 0 Å². The molecule has 0 aliphatic rings. The lowest BCUT2D eigenvalue weighted by Gasteiger charge is -2.32. The summed E-state index contributed by atoms with van der Waals surface area (Å²) in [5.41, 5.74) is 4.52. The highest BCUT2D eigenvalue weighted by atomic mass is 79.9. The number of aryl methyl sites for hydroxylation is 2. The number of hydrogen-bond acceptors (Lipinski definition) is 4. The van der Waals surface area contributed by atoms with Gasteiger partial charge in [0.2, 0.25) is 0 Å². The first kappa shape index (κ1) is 30.1. The number of Topliss-reactive ketones (excluding diaryl/α,β-unsaturated/α-hetero) is 2. The molecule has 42 heavy (non-hydrogen) atoms. The SMILES string of the molecule is Cc1ccc(S[C@@H](C(=O)c2ccccc2)C(c2ccc(Br)cc2)[C@@H](Sc2ccc(C)cc2)C(=O)c2ccccc2)cc1. The van der Waals surface area contributed by atoms with E-state index in [9.17, 15) is 9.59 Å². The molecular weight excluding hydrogens is 620 g/mol. The van der Waals surface area contributed by atoms with E-state index < -0.39 is 16.4 Å². The lowest BCUT2D eigenvalue weighted by Crippen LogP contribution is -2.36. The summed E-state index contributed by atoms with van der Waals surface area (Å²) in [7, 11) is 0. The third-order valence-electron chi connectivity index (χ3n) is 7.11. The molecule has 5 aromatic rings. The van der Waals surface area contributed by atoms with E-state index in [4.69, 9.17) is 0 Å². The lowest BCUT2D eigenvalue weighted by atomic mass is 9.85. The molecule has 0 aliphatic carbocycles. The molecular formula is C37H31BrO2S2. The van der Waals surface area contributed by atoms with Crippen LogP contribution in [-0.2, 0) is 0 Å². The second kappa shape index (κ2) is 14.2. The van der Waals surface area contributed by atoms with Crippen LogP contribution in [0.3, 0.4) is 0 Å². The van der Waals surface area contributed by atoms with Gasteiger partial charge in [0.1, 0.15) is 0 Å². The zero-order valence-electron chi connectivity index (χ0n) is 23.4. The Morgan fingerprint density at radius 2 is 0.905 bits per heavy atom. The smallest absolute Gasteiger partial charge is 0.176 e. The van der Waals surface area contributed by atoms with Crippen LogP contribution < -0.4 is 0 Å². The normalized spacial score (nSPS) is 12.6. The molecule has 0 radical (unpaired) electrons. The van der Waals surface area contributed by atoms with Gasteiger partial charge in [-0.05, 0) is 55.8 Å². The molecule has 0 unspecified atom stereocenters. The summed E-state index contributed by atoms with van der Waals surface area (Å²) in [5, 5.41) is -1.13. The highest BCUT2D eigenvalue weighted by molar-refractivity contribution is 9.10. The Hall–Kier alpha value is -3.38. The van der Waals surface area contributed by atoms with E-state index in [-0.39, 0.29) is 11.6 Å². The zero-order valence-corrected chi connectivity index (χ0v) is 26.7. The number of ketones is 2. The van der Waals surface area contributed by atoms with Crippen LogP contribution in [0.25, 0.3) is 0 Å². The van der Waals surface area contributed by atoms with Crippen molar-refractivity contribution < 1.29 is 9.59 Å². The van der Waals surface area contributed by atoms with Crippen LogP contribution in [0.1, 0.15) is 43.3 Å². The third kappa shape index (κ3) is 7.52. The average Bonchev–Trinajstić information content (AvgIpc) is 3.03. The van der Waals surface area contributed by atoms with Gasteiger partial charge >= 0.3 is 0 Å². The van der Waals surface area contributed by atoms with Gasteiger partial charge in [0.15, 0.2) is 11.6 Å². The molecule has 0 N–H and O–H groups in total. The van der Waals surface area contributed by atoms with E-state index in [1.54, 1.807) is 0 Å². The Morgan fingerprint density at radius 3 is 1.29 bits per heavy atom. The van der Waals surface area contributed by atoms with E-state index in [1.165, 1.54) is 23.5 Å². The van der Waals surface area contributed by atoms with E-state index in [0.717, 1.165) is 31.0 Å². The molecule has 210 valence electrons. The van der Waals surface area contributed by atoms with Crippen LogP contribution in [-0.4, -0.2) is 22.1 Å². The zero-order chi connectivity index (χ0) is 29.5. The number of thioether (sulfide) groups is 2. The van der Waals surface area contributed by atoms with Gasteiger partial charge in [-0.3, -0.25) is 9.59 Å². The topological polar surface area (TPSA) is 34.1 Å². The van der Waals surface area contributed by atoms with Crippen molar-refractivity contribution in [3.05, 3.63) is 166 Å². The Bertz CT molecular complexity index is 1520. The van der Waals surface area contributed by atoms with E-state index in [2.05, 4.69) is 78.3 Å². The van der Waals surface area contributed by atoms with Gasteiger partial charge in [0.25, 0.3) is 0 Å². The molecule has 5 rings (SSSR count). The first-order valence-corrected chi connectivity index (χ1v) is 16.3. The molecule has 0 aliphatic heterocycles. The molecule has 0 amide bonds. The Kier molecular flexibility index (Phi) is 10.2. The van der Waals surface area contributed by atoms with Crippen molar-refractivity contribution in [2.24, 2.45) is 0 Å². The summed E-state index contributed by atoms with van der Waals surface area (Å²) in [4.78, 5) is 31.0. The van der Waals surface area contributed by atoms with E-state index in [1.807, 2.05) is 84.9 Å². The summed E-state index contributed by atoms with van der Waals surface area (Å²) in [5.74, 6) is -0.426. The molecule has 0 bridgehead atoms. The van der Waals surface area contributed by atoms with Crippen LogP contribution in [0.15, 0.2) is 148 Å². The molecule has 5 heteroatoms. The first-order chi connectivity index (χ1) is 20.4. The van der Waals surface area contributed by atoms with Crippen LogP contribution in [0.2, 0.25) is 0 Å². The van der Waals surface area contributed by atoms with Gasteiger partial charge in [-0.25, -0.2) is 0 Å². The highest BCUT2D eigenvalue weighted by Gasteiger charge is 2.41. The Morgan fingerprint density at radius 1 is 0.524 bits per heavy atom. The molecule has 0 saturated carbocycles. The van der Waals surface area contributed by atoms with Gasteiger partial charge in [-0.2, -0.15) is 0 Å². The van der Waals surface area contributed by atoms with E-state index >= 15 is 0 Å². The monoisotopic (exact) mass is 650 g/mol. The number of rotatable bonds is 11. The molecule has 2 atom stereocenters. The van der Waals surface area contributed by atoms with Crippen molar-refractivity contribution in [2.75, 3.05) is 0 Å². The summed E-state index contributed by atoms with van der Waals surface area (Å²) in [6, 6.07) is 43.4. The van der Waals surface area contributed by atoms with E-state index in [0.29, 0.717) is 11.1 Å². The van der Waals surface area contributed by atoms with Gasteiger partial charge in [0.05, 0.1) is 10.5 Å². The average molecular weight is 652 g/mol. The molecule has 0 spiro atoms. The third-order valence-corrected chi connectivity index (χ3v) is 10.2. The van der Waals surface area contributed by atoms with Crippen LogP contribution in [0.4, 0.5) is 0 Å². The highest BCUT2D eigenvalue weighted by Crippen LogP contribution is 2.45. The predicted octanol–water partition coefficient (Wildman–Crippen LogP) is 10.2. The summed E-state index contributed by atoms with van der Waals surface area (Å²) < 4.78 is 0.944. The lowest BCUT2D eigenvalue weighted by molar-refractivity contribution is 0.0955. The van der Waals surface area contributed by atoms with Gasteiger partial charge < -0.3 is 0 Å². The van der Waals surface area contributed by atoms with Crippen molar-refractivity contribution in [1.82, 2.24) is 0 Å². The molecule has 0 heterocycles. The second-order valence-electron chi connectivity index (χ2n) is 10.2. The van der Waals surface area contributed by atoms with Gasteiger partial charge in [-0.1, -0.05) is 124 Å². The number of benzene rings is 5. The molecule has 2 nitrogen and oxygen atoms in total. The van der Waals surface area contributed by atoms with Crippen molar-refractivity contribution in [3.8, 4) is 0 Å². The Balaban J connectivity index is 1.69. The van der Waals surface area contributed by atoms with Crippen LogP contribution >= 0.6 is 39.5 Å². The molecule has 5 aromatic carbocycles. The number of carbonyl (C=O) groups is 2. The quantitative estimate of drug-likeness (QED) is 0.105. The molecule has 0 fully saturated rings. The second-order valence-corrected chi connectivity index (χ2v) is 13.6. The largest absolute Gasteiger partial charge is 0.293 e. The fourth-order valence-corrected chi connectivity index (χ4v) is 7.78. The maximum absolute atomic E-state index is 14.5. The number of carbonyl (C=O) groups excluding carboxylic acids is 2. The van der Waals surface area contributed by atoms with Crippen molar-refractivity contribution in [1.29, 1.82) is 0 Å². The standard InChI is InChI=1S/C37H31BrO2S2/c1-25-13-21-31(22-14-25)41-36(34(39)28-9-5-3-6-10-28)33(27-17-19-30(38)20-18-27)37(35(40)29-11-7-4-8-12-29)42-32-23-15-26(2)16-24-32/h3-24,33,36-37H,1-2H3/t36-,37-/m1/s1. The fraction of sp³-hybridized carbons (Fsp3) is 0.135. The van der Waals surface area contributed by atoms with Gasteiger partial charge in [0, 0.05) is 31.3 Å². The maximum atomic E-state index is 14.5. The summed E-state index contributed by atoms with van der Waals surface area (Å²) in [6.07, 6.45) is 0. The maximum Gasteiger partial charge on any atom is 0.176 e.